The van der Waals surface area contributed by atoms with Crippen LogP contribution in [0.4, 0.5) is 11.4 Å². The number of ether oxygens (including phenoxy) is 1. The molecule has 1 saturated heterocycles. The van der Waals surface area contributed by atoms with Gasteiger partial charge in [0.1, 0.15) is 5.75 Å². The summed E-state index contributed by atoms with van der Waals surface area (Å²) >= 11 is 1.29. The summed E-state index contributed by atoms with van der Waals surface area (Å²) in [6.07, 6.45) is 0. The smallest absolute Gasteiger partial charge is 0.276 e. The van der Waals surface area contributed by atoms with Crippen LogP contribution in [0.15, 0.2) is 52.7 Å². The molecule has 0 unspecified atom stereocenters. The van der Waals surface area contributed by atoms with Crippen molar-refractivity contribution in [3.63, 3.8) is 0 Å². The number of nitrogens with one attached hydrogen (secondary N) is 1. The number of carbonyl (C=O) groups excluding carboxylic acids is 2. The van der Waals surface area contributed by atoms with Crippen molar-refractivity contribution >= 4 is 45.8 Å². The van der Waals surface area contributed by atoms with Crippen molar-refractivity contribution in [3.05, 3.63) is 53.6 Å². The first kappa shape index (κ1) is 17.3. The standard InChI is InChI=1S/C19H16N4O3S/c1-11-3-8-15-14(9-11)17(18(25)20-15)21-22-19-23(16(24)10-27-19)12-4-6-13(26-2)7-5-12/h3-9H,10H2,1-2H3,(H,20,21,25). The largest absolute Gasteiger partial charge is 0.497 e. The summed E-state index contributed by atoms with van der Waals surface area (Å²) in [6.45, 7) is 1.95. The molecule has 7 nitrogen and oxygen atoms in total. The van der Waals surface area contributed by atoms with Crippen LogP contribution in [-0.2, 0) is 9.59 Å². The number of hydrogen-bond acceptors (Lipinski definition) is 6. The van der Waals surface area contributed by atoms with Crippen molar-refractivity contribution in [1.29, 1.82) is 0 Å². The molecule has 8 heteroatoms. The number of fused-ring (bicyclic) bond motifs is 1. The van der Waals surface area contributed by atoms with E-state index in [1.54, 1.807) is 31.4 Å². The molecule has 0 saturated carbocycles. The molecule has 2 heterocycles. The van der Waals surface area contributed by atoms with E-state index in [1.807, 2.05) is 25.1 Å². The minimum Gasteiger partial charge on any atom is -0.497 e. The first-order chi connectivity index (χ1) is 13.1. The van der Waals surface area contributed by atoms with Gasteiger partial charge in [-0.15, -0.1) is 10.2 Å². The first-order valence-electron chi connectivity index (χ1n) is 8.24. The van der Waals surface area contributed by atoms with Gasteiger partial charge in [0.05, 0.1) is 24.2 Å². The number of hydrogen-bond donors (Lipinski definition) is 1. The number of amidine groups is 1. The van der Waals surface area contributed by atoms with E-state index in [0.29, 0.717) is 22.3 Å². The maximum Gasteiger partial charge on any atom is 0.276 e. The third-order valence-electron chi connectivity index (χ3n) is 4.23. The summed E-state index contributed by atoms with van der Waals surface area (Å²) in [6, 6.07) is 12.8. The molecule has 27 heavy (non-hydrogen) atoms. The van der Waals surface area contributed by atoms with Crippen molar-refractivity contribution in [3.8, 4) is 5.75 Å². The van der Waals surface area contributed by atoms with Gasteiger partial charge in [0.25, 0.3) is 5.91 Å². The van der Waals surface area contributed by atoms with Crippen LogP contribution in [0.1, 0.15) is 11.1 Å². The van der Waals surface area contributed by atoms with Crippen LogP contribution >= 0.6 is 11.8 Å². The first-order valence-corrected chi connectivity index (χ1v) is 9.23. The average Bonchev–Trinajstić information content (AvgIpc) is 3.19. The fourth-order valence-electron chi connectivity index (χ4n) is 2.88. The highest BCUT2D eigenvalue weighted by atomic mass is 32.2. The molecule has 0 bridgehead atoms. The molecule has 0 atom stereocenters. The normalized spacial score (nSPS) is 19.0. The summed E-state index contributed by atoms with van der Waals surface area (Å²) in [5.41, 5.74) is 3.38. The highest BCUT2D eigenvalue weighted by Crippen LogP contribution is 2.29. The summed E-state index contributed by atoms with van der Waals surface area (Å²) in [5.74, 6) is 0.588. The molecule has 0 radical (unpaired) electrons. The summed E-state index contributed by atoms with van der Waals surface area (Å²) in [7, 11) is 1.58. The zero-order valence-corrected chi connectivity index (χ0v) is 15.5. The predicted octanol–water partition coefficient (Wildman–Crippen LogP) is 2.80. The lowest BCUT2D eigenvalue weighted by Gasteiger charge is -2.15. The fraction of sp³-hybridized carbons (Fsp3) is 0.158. The SMILES string of the molecule is COc1ccc(N2C(=O)CSC2=NN=C2C(=O)Nc3ccc(C)cc32)cc1. The number of rotatable bonds is 3. The number of aryl methyl sites for hydroxylation is 1. The second kappa shape index (κ2) is 6.88. The lowest BCUT2D eigenvalue weighted by molar-refractivity contribution is -0.115. The number of anilines is 2. The predicted molar refractivity (Wildman–Crippen MR) is 107 cm³/mol. The Morgan fingerprint density at radius 3 is 2.63 bits per heavy atom. The van der Waals surface area contributed by atoms with Crippen molar-refractivity contribution in [2.45, 2.75) is 6.92 Å². The monoisotopic (exact) mass is 380 g/mol. The van der Waals surface area contributed by atoms with Crippen LogP contribution in [0.5, 0.6) is 5.75 Å². The molecule has 0 aromatic heterocycles. The molecule has 4 rings (SSSR count). The van der Waals surface area contributed by atoms with Crippen LogP contribution in [0.3, 0.4) is 0 Å². The molecule has 2 amide bonds. The van der Waals surface area contributed by atoms with Gasteiger partial charge >= 0.3 is 0 Å². The van der Waals surface area contributed by atoms with Crippen LogP contribution in [0.25, 0.3) is 0 Å². The summed E-state index contributed by atoms with van der Waals surface area (Å²) in [5, 5.41) is 11.6. The van der Waals surface area contributed by atoms with E-state index < -0.39 is 0 Å². The Morgan fingerprint density at radius 2 is 1.89 bits per heavy atom. The van der Waals surface area contributed by atoms with E-state index in [9.17, 15) is 9.59 Å². The lowest BCUT2D eigenvalue weighted by atomic mass is 10.1. The van der Waals surface area contributed by atoms with Crippen molar-refractivity contribution in [2.24, 2.45) is 10.2 Å². The van der Waals surface area contributed by atoms with Crippen molar-refractivity contribution in [1.82, 2.24) is 0 Å². The third kappa shape index (κ3) is 3.19. The molecule has 136 valence electrons. The van der Waals surface area contributed by atoms with Gasteiger partial charge in [-0.25, -0.2) is 0 Å². The minimum absolute atomic E-state index is 0.0868. The molecule has 2 aliphatic rings. The Morgan fingerprint density at radius 1 is 1.11 bits per heavy atom. The highest BCUT2D eigenvalue weighted by molar-refractivity contribution is 8.15. The molecule has 1 fully saturated rings. The van der Waals surface area contributed by atoms with Crippen LogP contribution in [-0.4, -0.2) is 35.6 Å². The molecule has 2 aromatic rings. The van der Waals surface area contributed by atoms with Gasteiger partial charge in [-0.1, -0.05) is 23.4 Å². The van der Waals surface area contributed by atoms with Gasteiger partial charge in [-0.2, -0.15) is 0 Å². The van der Waals surface area contributed by atoms with E-state index in [2.05, 4.69) is 15.5 Å². The van der Waals surface area contributed by atoms with Crippen molar-refractivity contribution < 1.29 is 14.3 Å². The lowest BCUT2D eigenvalue weighted by Crippen LogP contribution is -2.29. The summed E-state index contributed by atoms with van der Waals surface area (Å²) < 4.78 is 5.15. The quantitative estimate of drug-likeness (QED) is 0.830. The molecule has 1 N–H and O–H groups in total. The van der Waals surface area contributed by atoms with Crippen LogP contribution < -0.4 is 15.0 Å². The number of thioether (sulfide) groups is 1. The van der Waals surface area contributed by atoms with Gasteiger partial charge in [-0.05, 0) is 43.3 Å². The average molecular weight is 380 g/mol. The highest BCUT2D eigenvalue weighted by Gasteiger charge is 2.31. The molecular formula is C19H16N4O3S. The van der Waals surface area contributed by atoms with E-state index in [0.717, 1.165) is 11.1 Å². The number of amides is 2. The summed E-state index contributed by atoms with van der Waals surface area (Å²) in [4.78, 5) is 26.0. The second-order valence-corrected chi connectivity index (χ2v) is 6.99. The maximum absolute atomic E-state index is 12.3. The maximum atomic E-state index is 12.3. The van der Waals surface area contributed by atoms with Crippen LogP contribution in [0, 0.1) is 6.92 Å². The van der Waals surface area contributed by atoms with Gasteiger partial charge in [-0.3, -0.25) is 14.5 Å². The zero-order valence-electron chi connectivity index (χ0n) is 14.7. The van der Waals surface area contributed by atoms with Crippen LogP contribution in [0.2, 0.25) is 0 Å². The van der Waals surface area contributed by atoms with Gasteiger partial charge in [0.2, 0.25) is 5.91 Å². The third-order valence-corrected chi connectivity index (χ3v) is 5.14. The Hall–Kier alpha value is -3.13. The molecule has 0 spiro atoms. The molecule has 2 aromatic carbocycles. The minimum atomic E-state index is -0.301. The van der Waals surface area contributed by atoms with Gasteiger partial charge in [0.15, 0.2) is 10.9 Å². The Bertz CT molecular complexity index is 999. The van der Waals surface area contributed by atoms with E-state index in [4.69, 9.17) is 4.74 Å². The van der Waals surface area contributed by atoms with Gasteiger partial charge in [0, 0.05) is 5.56 Å². The number of benzene rings is 2. The van der Waals surface area contributed by atoms with Gasteiger partial charge < -0.3 is 10.1 Å². The Kier molecular flexibility index (Phi) is 4.41. The number of methoxy groups -OCH3 is 1. The number of carbonyl (C=O) groups is 2. The number of nitrogens with zero attached hydrogens (tertiary/aromatic N) is 3. The fourth-order valence-corrected chi connectivity index (χ4v) is 3.70. The second-order valence-electron chi connectivity index (χ2n) is 6.05. The Balaban J connectivity index is 1.68. The zero-order chi connectivity index (χ0) is 19.0. The Labute approximate surface area is 160 Å². The van der Waals surface area contributed by atoms with E-state index in [-0.39, 0.29) is 23.3 Å². The van der Waals surface area contributed by atoms with E-state index >= 15 is 0 Å². The molecule has 0 aliphatic carbocycles. The van der Waals surface area contributed by atoms with E-state index in [1.165, 1.54) is 16.7 Å². The topological polar surface area (TPSA) is 83.4 Å². The molecular weight excluding hydrogens is 364 g/mol. The molecule has 2 aliphatic heterocycles. The van der Waals surface area contributed by atoms with Crippen molar-refractivity contribution in [2.75, 3.05) is 23.1 Å².